The van der Waals surface area contributed by atoms with Gasteiger partial charge in [0.2, 0.25) is 11.6 Å². The maximum Gasteiger partial charge on any atom is 0.353 e. The molecule has 0 unspecified atom stereocenters. The lowest BCUT2D eigenvalue weighted by Gasteiger charge is -2.46. The molecule has 1 aliphatic rings. The molecule has 0 saturated carbocycles. The summed E-state index contributed by atoms with van der Waals surface area (Å²) in [6.45, 7) is 10.6. The van der Waals surface area contributed by atoms with Crippen LogP contribution in [0.4, 0.5) is 23.0 Å². The molecule has 3 N–H and O–H groups in total. The van der Waals surface area contributed by atoms with Gasteiger partial charge in [0.25, 0.3) is 0 Å². The Morgan fingerprint density at radius 3 is 2.38 bits per heavy atom. The van der Waals surface area contributed by atoms with Gasteiger partial charge in [-0.3, -0.25) is 10.1 Å². The Kier molecular flexibility index (Phi) is 5.75. The second kappa shape index (κ2) is 7.94. The fourth-order valence-corrected chi connectivity index (χ4v) is 4.44. The normalized spacial score (nSPS) is 18.2. The molecule has 3 rings (SSSR count). The highest BCUT2D eigenvalue weighted by Crippen LogP contribution is 2.35. The summed E-state index contributed by atoms with van der Waals surface area (Å²) in [5, 5.41) is 22.0. The standard InChI is InChI=1S/C21H30N6O2/c1-6-14-9-7-8-10-16(14)25-19-17(27(28)29)18(22-13-23-19)24-15-11-20(2,3)26-21(4,5)12-15/h7-10,13,15,26H,6,11-12H2,1-5H3,(H2,22,23,24,25). The van der Waals surface area contributed by atoms with Crippen LogP contribution in [0.3, 0.4) is 0 Å². The molecule has 1 aromatic carbocycles. The number of nitrogens with one attached hydrogen (secondary N) is 3. The van der Waals surface area contributed by atoms with E-state index in [-0.39, 0.29) is 34.4 Å². The highest BCUT2D eigenvalue weighted by molar-refractivity contribution is 5.75. The highest BCUT2D eigenvalue weighted by atomic mass is 16.6. The van der Waals surface area contributed by atoms with Crippen LogP contribution in [0.2, 0.25) is 0 Å². The number of benzene rings is 1. The molecule has 2 heterocycles. The van der Waals surface area contributed by atoms with E-state index in [0.717, 1.165) is 30.5 Å². The summed E-state index contributed by atoms with van der Waals surface area (Å²) in [6, 6.07) is 7.80. The fourth-order valence-electron chi connectivity index (χ4n) is 4.44. The van der Waals surface area contributed by atoms with Crippen molar-refractivity contribution in [3.05, 3.63) is 46.3 Å². The first kappa shape index (κ1) is 21.0. The van der Waals surface area contributed by atoms with E-state index in [9.17, 15) is 10.1 Å². The smallest absolute Gasteiger partial charge is 0.353 e. The van der Waals surface area contributed by atoms with Crippen molar-refractivity contribution in [3.8, 4) is 0 Å². The summed E-state index contributed by atoms with van der Waals surface area (Å²) in [4.78, 5) is 19.9. The van der Waals surface area contributed by atoms with Crippen molar-refractivity contribution in [1.82, 2.24) is 15.3 Å². The maximum absolute atomic E-state index is 11.9. The van der Waals surface area contributed by atoms with Crippen molar-refractivity contribution in [3.63, 3.8) is 0 Å². The predicted molar refractivity (Wildman–Crippen MR) is 116 cm³/mol. The zero-order valence-corrected chi connectivity index (χ0v) is 17.7. The number of nitro groups is 1. The summed E-state index contributed by atoms with van der Waals surface area (Å²) < 4.78 is 0. The maximum atomic E-state index is 11.9. The SMILES string of the molecule is CCc1ccccc1Nc1ncnc(NC2CC(C)(C)NC(C)(C)C2)c1[N+](=O)[O-]. The number of anilines is 3. The van der Waals surface area contributed by atoms with E-state index in [1.54, 1.807) is 0 Å². The number of para-hydroxylation sites is 1. The number of aromatic nitrogens is 2. The number of piperidine rings is 1. The van der Waals surface area contributed by atoms with Crippen LogP contribution >= 0.6 is 0 Å². The van der Waals surface area contributed by atoms with E-state index in [1.807, 2.05) is 31.2 Å². The van der Waals surface area contributed by atoms with Crippen molar-refractivity contribution >= 4 is 23.0 Å². The predicted octanol–water partition coefficient (Wildman–Crippen LogP) is 4.41. The molecule has 1 saturated heterocycles. The van der Waals surface area contributed by atoms with E-state index >= 15 is 0 Å². The largest absolute Gasteiger partial charge is 0.361 e. The van der Waals surface area contributed by atoms with E-state index in [4.69, 9.17) is 0 Å². The Hall–Kier alpha value is -2.74. The number of nitrogens with zero attached hydrogens (tertiary/aromatic N) is 3. The van der Waals surface area contributed by atoms with Crippen LogP contribution in [-0.2, 0) is 6.42 Å². The molecule has 8 heteroatoms. The Bertz CT molecular complexity index is 880. The monoisotopic (exact) mass is 398 g/mol. The molecule has 156 valence electrons. The molecular weight excluding hydrogens is 368 g/mol. The van der Waals surface area contributed by atoms with Gasteiger partial charge in [0.15, 0.2) is 0 Å². The zero-order chi connectivity index (χ0) is 21.2. The lowest BCUT2D eigenvalue weighted by atomic mass is 9.79. The summed E-state index contributed by atoms with van der Waals surface area (Å²) in [7, 11) is 0. The van der Waals surface area contributed by atoms with E-state index < -0.39 is 4.92 Å². The lowest BCUT2D eigenvalue weighted by molar-refractivity contribution is -0.383. The third-order valence-corrected chi connectivity index (χ3v) is 5.19. The van der Waals surface area contributed by atoms with E-state index in [1.165, 1.54) is 6.33 Å². The molecule has 0 radical (unpaired) electrons. The minimum absolute atomic E-state index is 0.0608. The van der Waals surface area contributed by atoms with Gasteiger partial charge in [0, 0.05) is 22.8 Å². The average molecular weight is 399 g/mol. The van der Waals surface area contributed by atoms with Crippen LogP contribution in [0, 0.1) is 10.1 Å². The summed E-state index contributed by atoms with van der Waals surface area (Å²) in [6.07, 6.45) is 3.84. The number of aryl methyl sites for hydroxylation is 1. The molecule has 2 aromatic rings. The molecule has 1 fully saturated rings. The number of rotatable bonds is 6. The van der Waals surface area contributed by atoms with Crippen LogP contribution in [0.15, 0.2) is 30.6 Å². The molecule has 1 aliphatic heterocycles. The lowest BCUT2D eigenvalue weighted by Crippen LogP contribution is -2.60. The fraction of sp³-hybridized carbons (Fsp3) is 0.524. The second-order valence-corrected chi connectivity index (χ2v) is 8.95. The summed E-state index contributed by atoms with van der Waals surface area (Å²) in [5.41, 5.74) is 1.58. The van der Waals surface area contributed by atoms with Crippen LogP contribution in [0.5, 0.6) is 0 Å². The quantitative estimate of drug-likeness (QED) is 0.489. The Morgan fingerprint density at radius 1 is 1.14 bits per heavy atom. The molecule has 0 aliphatic carbocycles. The van der Waals surface area contributed by atoms with Gasteiger partial charge in [-0.15, -0.1) is 0 Å². The molecular formula is C21H30N6O2. The molecule has 0 atom stereocenters. The van der Waals surface area contributed by atoms with Crippen LogP contribution in [-0.4, -0.2) is 32.0 Å². The van der Waals surface area contributed by atoms with Crippen LogP contribution < -0.4 is 16.0 Å². The van der Waals surface area contributed by atoms with Crippen molar-refractivity contribution in [2.45, 2.75) is 71.0 Å². The zero-order valence-electron chi connectivity index (χ0n) is 17.7. The first-order chi connectivity index (χ1) is 13.6. The summed E-state index contributed by atoms with van der Waals surface area (Å²) >= 11 is 0. The second-order valence-electron chi connectivity index (χ2n) is 8.95. The summed E-state index contributed by atoms with van der Waals surface area (Å²) in [5.74, 6) is 0.445. The first-order valence-electron chi connectivity index (χ1n) is 10.0. The topological polar surface area (TPSA) is 105 Å². The molecule has 0 spiro atoms. The highest BCUT2D eigenvalue weighted by Gasteiger charge is 2.38. The van der Waals surface area contributed by atoms with Crippen molar-refractivity contribution in [2.24, 2.45) is 0 Å². The van der Waals surface area contributed by atoms with Gasteiger partial charge in [-0.2, -0.15) is 0 Å². The van der Waals surface area contributed by atoms with Crippen LogP contribution in [0.1, 0.15) is 53.0 Å². The van der Waals surface area contributed by atoms with Crippen molar-refractivity contribution in [2.75, 3.05) is 10.6 Å². The molecule has 8 nitrogen and oxygen atoms in total. The first-order valence-corrected chi connectivity index (χ1v) is 10.0. The molecule has 0 amide bonds. The average Bonchev–Trinajstić information content (AvgIpc) is 2.59. The van der Waals surface area contributed by atoms with Gasteiger partial charge in [0.1, 0.15) is 6.33 Å². The minimum Gasteiger partial charge on any atom is -0.361 e. The van der Waals surface area contributed by atoms with E-state index in [0.29, 0.717) is 0 Å². The third-order valence-electron chi connectivity index (χ3n) is 5.19. The van der Waals surface area contributed by atoms with Gasteiger partial charge in [0.05, 0.1) is 4.92 Å². The van der Waals surface area contributed by atoms with Gasteiger partial charge in [-0.25, -0.2) is 9.97 Å². The third kappa shape index (κ3) is 5.00. The molecule has 29 heavy (non-hydrogen) atoms. The minimum atomic E-state index is -0.420. The van der Waals surface area contributed by atoms with Crippen LogP contribution in [0.25, 0.3) is 0 Å². The number of hydrogen-bond acceptors (Lipinski definition) is 7. The van der Waals surface area contributed by atoms with Crippen molar-refractivity contribution in [1.29, 1.82) is 0 Å². The van der Waals surface area contributed by atoms with E-state index in [2.05, 4.69) is 53.6 Å². The number of hydrogen-bond donors (Lipinski definition) is 3. The van der Waals surface area contributed by atoms with Crippen molar-refractivity contribution < 1.29 is 4.92 Å². The van der Waals surface area contributed by atoms with Gasteiger partial charge < -0.3 is 16.0 Å². The molecule has 1 aromatic heterocycles. The van der Waals surface area contributed by atoms with Gasteiger partial charge in [-0.05, 0) is 58.6 Å². The Balaban J connectivity index is 1.92. The Morgan fingerprint density at radius 2 is 1.76 bits per heavy atom. The van der Waals surface area contributed by atoms with Gasteiger partial charge >= 0.3 is 5.69 Å². The molecule has 0 bridgehead atoms. The Labute approximate surface area is 171 Å². The van der Waals surface area contributed by atoms with Gasteiger partial charge in [-0.1, -0.05) is 25.1 Å².